The van der Waals surface area contributed by atoms with E-state index in [1.807, 2.05) is 30.3 Å². The van der Waals surface area contributed by atoms with Crippen LogP contribution < -0.4 is 4.74 Å². The Balaban J connectivity index is 0.00000180. The number of rotatable bonds is 9. The van der Waals surface area contributed by atoms with Crippen LogP contribution in [0.4, 0.5) is 0 Å². The zero-order valence-corrected chi connectivity index (χ0v) is 23.1. The summed E-state index contributed by atoms with van der Waals surface area (Å²) < 4.78 is 12.2. The topological polar surface area (TPSA) is 54.3 Å². The maximum atomic E-state index is 6.26. The highest BCUT2D eigenvalue weighted by Crippen LogP contribution is 2.29. The van der Waals surface area contributed by atoms with Crippen LogP contribution in [0.25, 0.3) is 22.6 Å². The van der Waals surface area contributed by atoms with Crippen LogP contribution >= 0.6 is 36.4 Å². The van der Waals surface area contributed by atoms with Crippen molar-refractivity contribution in [2.75, 3.05) is 26.2 Å². The number of ether oxygens (including phenoxy) is 1. The highest BCUT2D eigenvalue weighted by molar-refractivity contribution is 6.30. The summed E-state index contributed by atoms with van der Waals surface area (Å²) in [7, 11) is 0. The molecule has 0 atom stereocenters. The smallest absolute Gasteiger partial charge is 0.174 e. The van der Waals surface area contributed by atoms with Gasteiger partial charge in [-0.1, -0.05) is 31.5 Å². The molecule has 0 unspecified atom stereocenters. The molecule has 1 aliphatic heterocycles. The quantitative estimate of drug-likeness (QED) is 0.233. The number of hydrogen-bond donors (Lipinski definition) is 1. The van der Waals surface area contributed by atoms with Gasteiger partial charge in [0.2, 0.25) is 0 Å². The lowest BCUT2D eigenvalue weighted by molar-refractivity contribution is 0.268. The zero-order chi connectivity index (χ0) is 23.5. The molecule has 1 fully saturated rings. The van der Waals surface area contributed by atoms with E-state index < -0.39 is 0 Å². The van der Waals surface area contributed by atoms with Crippen molar-refractivity contribution < 1.29 is 9.15 Å². The summed E-state index contributed by atoms with van der Waals surface area (Å²) in [6.45, 7) is 8.52. The van der Waals surface area contributed by atoms with Gasteiger partial charge in [-0.25, -0.2) is 4.98 Å². The second-order valence-corrected chi connectivity index (χ2v) is 10.1. The number of H-pyrrole nitrogens is 1. The third-order valence-electron chi connectivity index (χ3n) is 6.32. The minimum Gasteiger partial charge on any atom is -0.493 e. The summed E-state index contributed by atoms with van der Waals surface area (Å²) in [4.78, 5) is 10.8. The average molecular weight is 551 g/mol. The van der Waals surface area contributed by atoms with Crippen molar-refractivity contribution in [1.29, 1.82) is 0 Å². The van der Waals surface area contributed by atoms with Crippen LogP contribution in [0.3, 0.4) is 0 Å². The Labute approximate surface area is 230 Å². The summed E-state index contributed by atoms with van der Waals surface area (Å²) in [5.41, 5.74) is 4.34. The number of furan rings is 1. The first kappa shape index (κ1) is 28.4. The van der Waals surface area contributed by atoms with E-state index in [9.17, 15) is 0 Å². The maximum absolute atomic E-state index is 6.26. The molecular formula is C28H34Cl3N3O2. The molecule has 0 saturated carbocycles. The molecular weight excluding hydrogens is 517 g/mol. The predicted molar refractivity (Wildman–Crippen MR) is 152 cm³/mol. The van der Waals surface area contributed by atoms with Crippen molar-refractivity contribution in [2.45, 2.75) is 39.5 Å². The second-order valence-electron chi connectivity index (χ2n) is 9.64. The molecule has 1 aliphatic rings. The Kier molecular flexibility index (Phi) is 10.1. The predicted octanol–water partition coefficient (Wildman–Crippen LogP) is 7.58. The third kappa shape index (κ3) is 6.98. The van der Waals surface area contributed by atoms with E-state index in [2.05, 4.69) is 41.9 Å². The van der Waals surface area contributed by atoms with Crippen LogP contribution in [0.15, 0.2) is 52.9 Å². The lowest BCUT2D eigenvalue weighted by Gasteiger charge is -2.13. The fourth-order valence-electron chi connectivity index (χ4n) is 4.49. The molecule has 5 nitrogen and oxygen atoms in total. The first-order valence-electron chi connectivity index (χ1n) is 12.2. The van der Waals surface area contributed by atoms with Gasteiger partial charge in [-0.15, -0.1) is 24.8 Å². The molecule has 0 spiro atoms. The van der Waals surface area contributed by atoms with E-state index in [1.54, 1.807) is 0 Å². The Morgan fingerprint density at radius 3 is 2.64 bits per heavy atom. The van der Waals surface area contributed by atoms with Gasteiger partial charge < -0.3 is 19.0 Å². The maximum Gasteiger partial charge on any atom is 0.174 e. The average Bonchev–Trinajstić information content (AvgIpc) is 3.57. The summed E-state index contributed by atoms with van der Waals surface area (Å²) in [6, 6.07) is 16.2. The molecule has 5 rings (SSSR count). The third-order valence-corrected chi connectivity index (χ3v) is 6.55. The first-order chi connectivity index (χ1) is 16.5. The van der Waals surface area contributed by atoms with Gasteiger partial charge in [-0.05, 0) is 86.3 Å². The Morgan fingerprint density at radius 2 is 1.86 bits per heavy atom. The number of benzene rings is 2. The van der Waals surface area contributed by atoms with Crippen molar-refractivity contribution in [3.63, 3.8) is 0 Å². The highest BCUT2D eigenvalue weighted by Gasteiger charge is 2.14. The SMILES string of the molecule is CC(C)COc1ccc(Cl)cc1Cc1ccc(-c2nc3cc(CCN4CCCC4)ccc3[nH]2)o1.Cl.Cl. The molecule has 8 heteroatoms. The Bertz CT molecular complexity index is 1260. The van der Waals surface area contributed by atoms with Crippen molar-refractivity contribution >= 4 is 47.4 Å². The van der Waals surface area contributed by atoms with Crippen molar-refractivity contribution in [1.82, 2.24) is 14.9 Å². The molecule has 1 saturated heterocycles. The van der Waals surface area contributed by atoms with E-state index in [1.165, 1.54) is 31.5 Å². The van der Waals surface area contributed by atoms with E-state index in [0.29, 0.717) is 24.0 Å². The summed E-state index contributed by atoms with van der Waals surface area (Å²) in [5, 5.41) is 0.691. The molecule has 0 aliphatic carbocycles. The molecule has 2 aromatic carbocycles. The van der Waals surface area contributed by atoms with E-state index in [4.69, 9.17) is 25.7 Å². The van der Waals surface area contributed by atoms with Crippen LogP contribution in [0.5, 0.6) is 5.75 Å². The number of fused-ring (bicyclic) bond motifs is 1. The van der Waals surface area contributed by atoms with Crippen molar-refractivity contribution in [3.8, 4) is 17.3 Å². The van der Waals surface area contributed by atoms with Gasteiger partial charge in [0.05, 0.1) is 17.6 Å². The lowest BCUT2D eigenvalue weighted by Crippen LogP contribution is -2.21. The number of likely N-dealkylation sites (tertiary alicyclic amines) is 1. The minimum atomic E-state index is 0. The number of imidazole rings is 1. The number of aromatic amines is 1. The van der Waals surface area contributed by atoms with Gasteiger partial charge >= 0.3 is 0 Å². The first-order valence-corrected chi connectivity index (χ1v) is 12.6. The summed E-state index contributed by atoms with van der Waals surface area (Å²) in [6.07, 6.45) is 4.33. The van der Waals surface area contributed by atoms with Gasteiger partial charge in [0, 0.05) is 23.6 Å². The standard InChI is InChI=1S/C28H32ClN3O2.2ClH/c1-19(2)18-33-26-9-6-22(29)16-21(26)17-23-7-10-27(34-23)28-30-24-8-5-20(15-25(24)31-28)11-14-32-12-3-4-13-32;;/h5-10,15-16,19H,3-4,11-14,17-18H2,1-2H3,(H,30,31);2*1H. The second kappa shape index (κ2) is 12.9. The highest BCUT2D eigenvalue weighted by atomic mass is 35.5. The lowest BCUT2D eigenvalue weighted by atomic mass is 10.1. The molecule has 3 heterocycles. The van der Waals surface area contributed by atoms with Gasteiger partial charge in [0.25, 0.3) is 0 Å². The number of nitrogens with zero attached hydrogens (tertiary/aromatic N) is 2. The zero-order valence-electron chi connectivity index (χ0n) is 20.8. The van der Waals surface area contributed by atoms with Gasteiger partial charge in [-0.3, -0.25) is 0 Å². The molecule has 194 valence electrons. The number of hydrogen-bond acceptors (Lipinski definition) is 4. The number of nitrogens with one attached hydrogen (secondary N) is 1. The molecule has 0 radical (unpaired) electrons. The van der Waals surface area contributed by atoms with Crippen LogP contribution in [0, 0.1) is 5.92 Å². The van der Waals surface area contributed by atoms with Crippen LogP contribution in [-0.4, -0.2) is 41.1 Å². The monoisotopic (exact) mass is 549 g/mol. The number of aromatic nitrogens is 2. The van der Waals surface area contributed by atoms with E-state index in [0.717, 1.165) is 52.7 Å². The van der Waals surface area contributed by atoms with Crippen molar-refractivity contribution in [2.24, 2.45) is 5.92 Å². The fourth-order valence-corrected chi connectivity index (χ4v) is 4.68. The van der Waals surface area contributed by atoms with Crippen LogP contribution in [0.1, 0.15) is 43.6 Å². The summed E-state index contributed by atoms with van der Waals surface area (Å²) >= 11 is 6.26. The molecule has 0 bridgehead atoms. The molecule has 4 aromatic rings. The van der Waals surface area contributed by atoms with Crippen molar-refractivity contribution in [3.05, 3.63) is 70.4 Å². The molecule has 0 amide bonds. The van der Waals surface area contributed by atoms with Gasteiger partial charge in [-0.2, -0.15) is 0 Å². The Hall–Kier alpha value is -2.18. The minimum absolute atomic E-state index is 0. The van der Waals surface area contributed by atoms with Gasteiger partial charge in [0.15, 0.2) is 11.6 Å². The molecule has 2 aromatic heterocycles. The van der Waals surface area contributed by atoms with Gasteiger partial charge in [0.1, 0.15) is 11.5 Å². The van der Waals surface area contributed by atoms with E-state index in [-0.39, 0.29) is 24.8 Å². The Morgan fingerprint density at radius 1 is 1.06 bits per heavy atom. The fraction of sp³-hybridized carbons (Fsp3) is 0.393. The van der Waals surface area contributed by atoms with Crippen LogP contribution in [-0.2, 0) is 12.8 Å². The summed E-state index contributed by atoms with van der Waals surface area (Å²) in [5.74, 6) is 3.63. The van der Waals surface area contributed by atoms with E-state index >= 15 is 0 Å². The largest absolute Gasteiger partial charge is 0.493 e. The number of halogens is 3. The van der Waals surface area contributed by atoms with Crippen LogP contribution in [0.2, 0.25) is 5.02 Å². The normalized spacial score (nSPS) is 13.7. The molecule has 36 heavy (non-hydrogen) atoms. The molecule has 1 N–H and O–H groups in total.